The van der Waals surface area contributed by atoms with Crippen molar-refractivity contribution in [3.05, 3.63) is 235 Å². The predicted molar refractivity (Wildman–Crippen MR) is 278 cm³/mol. The third-order valence-corrected chi connectivity index (χ3v) is 17.3. The largest absolute Gasteiger partial charge is 0.0775 e. The molecule has 7 aromatic rings. The van der Waals surface area contributed by atoms with Gasteiger partial charge < -0.3 is 0 Å². The molecule has 2 aliphatic rings. The van der Waals surface area contributed by atoms with Crippen LogP contribution in [0.3, 0.4) is 0 Å². The standard InChI is InChI=1S/C60H58Si2/c1-39-15-11-19-43-23-25-45-21-13-17-41(3)55(45)59(49-31-35-51(36-32-49)61(5,6)7)57(53(39)43)47-27-29-48(30-28-47)58-54-40(2)16-12-20-44(54)24-26-46-22-14-18-42(4)56(46)60(58)50-33-37-52(38-34-50)62(8,9)10/h11-38H,1-10H3/b25-23-,26-24-,43-23?,44-24?,45-25?,46-26?,57-53?,58-54?,59-55?,59-57-,60-56?,60-58-. The van der Waals surface area contributed by atoms with Gasteiger partial charge in [-0.05, 0) is 139 Å². The molecule has 9 rings (SSSR count). The van der Waals surface area contributed by atoms with Crippen LogP contribution in [0.5, 0.6) is 0 Å². The van der Waals surface area contributed by atoms with Crippen molar-refractivity contribution >= 4 is 73.1 Å². The normalized spacial score (nSPS) is 17.1. The van der Waals surface area contributed by atoms with Crippen molar-refractivity contribution < 1.29 is 0 Å². The van der Waals surface area contributed by atoms with Crippen LogP contribution < -0.4 is 10.4 Å². The highest BCUT2D eigenvalue weighted by molar-refractivity contribution is 6.89. The van der Waals surface area contributed by atoms with Crippen LogP contribution in [0.1, 0.15) is 89.0 Å². The van der Waals surface area contributed by atoms with Gasteiger partial charge in [-0.2, -0.15) is 0 Å². The lowest BCUT2D eigenvalue weighted by atomic mass is 9.77. The maximum Gasteiger partial charge on any atom is 0.0775 e. The number of hydrogen-bond acceptors (Lipinski definition) is 0. The Bertz CT molecular complexity index is 2800. The van der Waals surface area contributed by atoms with E-state index >= 15 is 0 Å². The molecule has 0 bridgehead atoms. The van der Waals surface area contributed by atoms with Crippen LogP contribution in [0.25, 0.3) is 46.6 Å². The summed E-state index contributed by atoms with van der Waals surface area (Å²) >= 11 is 0. The lowest BCUT2D eigenvalue weighted by Crippen LogP contribution is -2.37. The molecule has 0 spiro atoms. The molecular weight excluding hydrogens is 777 g/mol. The minimum absolute atomic E-state index is 1.21. The van der Waals surface area contributed by atoms with Crippen LogP contribution in [-0.2, 0) is 0 Å². The van der Waals surface area contributed by atoms with Crippen molar-refractivity contribution in [2.45, 2.75) is 67.0 Å². The van der Waals surface area contributed by atoms with Gasteiger partial charge in [-0.25, -0.2) is 0 Å². The predicted octanol–water partition coefficient (Wildman–Crippen LogP) is 15.0. The molecule has 2 heteroatoms. The highest BCUT2D eigenvalue weighted by Gasteiger charge is 2.28. The highest BCUT2D eigenvalue weighted by atomic mass is 28.3. The van der Waals surface area contributed by atoms with Crippen LogP contribution in [-0.4, -0.2) is 16.1 Å². The van der Waals surface area contributed by atoms with E-state index in [0.29, 0.717) is 0 Å². The van der Waals surface area contributed by atoms with Crippen molar-refractivity contribution in [3.8, 4) is 0 Å². The fourth-order valence-electron chi connectivity index (χ4n) is 9.77. The zero-order valence-corrected chi connectivity index (χ0v) is 40.2. The molecule has 0 N–H and O–H groups in total. The van der Waals surface area contributed by atoms with E-state index in [1.54, 1.807) is 0 Å². The van der Waals surface area contributed by atoms with Crippen LogP contribution in [0.2, 0.25) is 39.3 Å². The number of aryl methyl sites for hydroxylation is 4. The molecular formula is C60H58Si2. The number of rotatable bonds is 6. The van der Waals surface area contributed by atoms with Crippen molar-refractivity contribution in [2.24, 2.45) is 0 Å². The van der Waals surface area contributed by atoms with Crippen LogP contribution >= 0.6 is 0 Å². The summed E-state index contributed by atoms with van der Waals surface area (Å²) in [6, 6.07) is 55.8. The van der Waals surface area contributed by atoms with Gasteiger partial charge in [0.05, 0.1) is 16.1 Å². The Morgan fingerprint density at radius 2 is 0.468 bits per heavy atom. The van der Waals surface area contributed by atoms with Crippen LogP contribution in [0.4, 0.5) is 0 Å². The monoisotopic (exact) mass is 834 g/mol. The van der Waals surface area contributed by atoms with Crippen molar-refractivity contribution in [1.82, 2.24) is 0 Å². The zero-order valence-electron chi connectivity index (χ0n) is 38.2. The molecule has 2 aliphatic carbocycles. The molecule has 0 amide bonds. The zero-order chi connectivity index (χ0) is 43.5. The van der Waals surface area contributed by atoms with Crippen molar-refractivity contribution in [2.75, 3.05) is 0 Å². The molecule has 0 aliphatic heterocycles. The lowest BCUT2D eigenvalue weighted by molar-refractivity contribution is 1.35. The second-order valence-corrected chi connectivity index (χ2v) is 29.7. The Morgan fingerprint density at radius 3 is 0.677 bits per heavy atom. The van der Waals surface area contributed by atoms with Crippen LogP contribution in [0.15, 0.2) is 146 Å². The summed E-state index contributed by atoms with van der Waals surface area (Å²) in [6.45, 7) is 23.7. The molecule has 0 aromatic heterocycles. The minimum Gasteiger partial charge on any atom is -0.0656 e. The van der Waals surface area contributed by atoms with E-state index in [4.69, 9.17) is 0 Å². The van der Waals surface area contributed by atoms with E-state index in [9.17, 15) is 0 Å². The van der Waals surface area contributed by atoms with Crippen molar-refractivity contribution in [1.29, 1.82) is 0 Å². The Morgan fingerprint density at radius 1 is 0.258 bits per heavy atom. The molecule has 0 radical (unpaired) electrons. The first-order valence-electron chi connectivity index (χ1n) is 22.3. The summed E-state index contributed by atoms with van der Waals surface area (Å²) in [5, 5.41) is 2.95. The van der Waals surface area contributed by atoms with Gasteiger partial charge in [-0.1, -0.05) is 220 Å². The molecule has 0 nitrogen and oxygen atoms in total. The number of benzene rings is 7. The Kier molecular flexibility index (Phi) is 10.7. The van der Waals surface area contributed by atoms with Gasteiger partial charge >= 0.3 is 0 Å². The first-order chi connectivity index (χ1) is 29.7. The van der Waals surface area contributed by atoms with Gasteiger partial charge in [-0.3, -0.25) is 0 Å². The average molecular weight is 835 g/mol. The molecule has 0 unspecified atom stereocenters. The van der Waals surface area contributed by atoms with Gasteiger partial charge in [0.2, 0.25) is 0 Å². The Hall–Kier alpha value is -6.07. The minimum atomic E-state index is -1.51. The van der Waals surface area contributed by atoms with E-state index < -0.39 is 16.1 Å². The van der Waals surface area contributed by atoms with Gasteiger partial charge in [0.15, 0.2) is 0 Å². The van der Waals surface area contributed by atoms with E-state index in [-0.39, 0.29) is 0 Å². The average Bonchev–Trinajstić information content (AvgIpc) is 3.23. The maximum absolute atomic E-state index is 2.43. The van der Waals surface area contributed by atoms with Crippen LogP contribution in [0, 0.1) is 27.7 Å². The Labute approximate surface area is 372 Å². The van der Waals surface area contributed by atoms with E-state index in [1.807, 2.05) is 0 Å². The topological polar surface area (TPSA) is 0 Å². The quantitative estimate of drug-likeness (QED) is 0.146. The summed E-state index contributed by atoms with van der Waals surface area (Å²) in [5.74, 6) is 0. The van der Waals surface area contributed by atoms with Gasteiger partial charge in [-0.15, -0.1) is 0 Å². The first kappa shape index (κ1) is 41.3. The highest BCUT2D eigenvalue weighted by Crippen LogP contribution is 2.47. The summed E-state index contributed by atoms with van der Waals surface area (Å²) in [7, 11) is -3.03. The van der Waals surface area contributed by atoms with E-state index in [0.717, 1.165) is 0 Å². The summed E-state index contributed by atoms with van der Waals surface area (Å²) in [4.78, 5) is 0. The fraction of sp³-hybridized carbons (Fsp3) is 0.167. The fourth-order valence-corrected chi connectivity index (χ4v) is 12.1. The Balaban J connectivity index is 1.37. The van der Waals surface area contributed by atoms with E-state index in [1.165, 1.54) is 122 Å². The summed E-state index contributed by atoms with van der Waals surface area (Å²) < 4.78 is 0. The maximum atomic E-state index is 2.43. The second kappa shape index (κ2) is 16.0. The molecule has 0 saturated carbocycles. The van der Waals surface area contributed by atoms with Gasteiger partial charge in [0.25, 0.3) is 0 Å². The number of fused-ring (bicyclic) bond motifs is 4. The molecule has 62 heavy (non-hydrogen) atoms. The lowest BCUT2D eigenvalue weighted by Gasteiger charge is -2.27. The first-order valence-corrected chi connectivity index (χ1v) is 29.3. The third kappa shape index (κ3) is 7.50. The molecule has 0 atom stereocenters. The SMILES string of the molecule is Cc1cccc2c1/C(c1ccc(/C3=C(\c4ccc([Si](C)(C)C)cc4)c4c(C)cccc4/C=C\c4cccc(C)c43)cc1)=C(/c1ccc([Si](C)(C)C)cc1)c1c(C)cccc1/C=C\2. The molecule has 7 aromatic carbocycles. The molecule has 0 heterocycles. The molecule has 306 valence electrons. The summed E-state index contributed by atoms with van der Waals surface area (Å²) in [5.41, 5.74) is 25.3. The van der Waals surface area contributed by atoms with Gasteiger partial charge in [0.1, 0.15) is 0 Å². The smallest absolute Gasteiger partial charge is 0.0656 e. The van der Waals surface area contributed by atoms with Crippen molar-refractivity contribution in [3.63, 3.8) is 0 Å². The third-order valence-electron chi connectivity index (χ3n) is 13.1. The second-order valence-electron chi connectivity index (χ2n) is 19.6. The van der Waals surface area contributed by atoms with Gasteiger partial charge in [0, 0.05) is 0 Å². The molecule has 0 saturated heterocycles. The number of hydrogen-bond donors (Lipinski definition) is 0. The molecule has 0 fully saturated rings. The summed E-state index contributed by atoms with van der Waals surface area (Å²) in [6.07, 6.45) is 9.30. The van der Waals surface area contributed by atoms with E-state index in [2.05, 4.69) is 237 Å².